The number of hydrazone groups is 1. The maximum atomic E-state index is 13.3. The van der Waals surface area contributed by atoms with Crippen molar-refractivity contribution in [3.05, 3.63) is 40.9 Å². The van der Waals surface area contributed by atoms with Crippen LogP contribution in [-0.2, 0) is 9.59 Å². The Morgan fingerprint density at radius 2 is 1.86 bits per heavy atom. The predicted molar refractivity (Wildman–Crippen MR) is 112 cm³/mol. The summed E-state index contributed by atoms with van der Waals surface area (Å²) in [7, 11) is 1.59. The lowest BCUT2D eigenvalue weighted by molar-refractivity contribution is -0.142. The average Bonchev–Trinajstić information content (AvgIpc) is 2.74. The van der Waals surface area contributed by atoms with Gasteiger partial charge in [-0.3, -0.25) is 9.59 Å². The minimum atomic E-state index is -0.0980. The van der Waals surface area contributed by atoms with E-state index in [-0.39, 0.29) is 29.7 Å². The molecule has 0 bridgehead atoms. The number of carbonyl (C=O) groups excluding carboxylic acids is 2. The van der Waals surface area contributed by atoms with Crippen molar-refractivity contribution in [2.24, 2.45) is 16.9 Å². The van der Waals surface area contributed by atoms with Crippen molar-refractivity contribution in [2.45, 2.75) is 38.6 Å². The van der Waals surface area contributed by atoms with Gasteiger partial charge in [-0.25, -0.2) is 5.01 Å². The summed E-state index contributed by atoms with van der Waals surface area (Å²) in [5.41, 5.74) is 1.84. The number of ether oxygens (including phenoxy) is 1. The first-order chi connectivity index (χ1) is 14.0. The molecule has 0 unspecified atom stereocenters. The lowest BCUT2D eigenvalue weighted by Gasteiger charge is -2.42. The van der Waals surface area contributed by atoms with E-state index >= 15 is 0 Å². The molecule has 1 fully saturated rings. The van der Waals surface area contributed by atoms with Gasteiger partial charge in [0.2, 0.25) is 11.8 Å². The number of hydrogen-bond acceptors (Lipinski definition) is 4. The number of hydrogen-bond donors (Lipinski definition) is 0. The van der Waals surface area contributed by atoms with Gasteiger partial charge in [0.1, 0.15) is 5.75 Å². The van der Waals surface area contributed by atoms with Gasteiger partial charge in [-0.2, -0.15) is 5.10 Å². The largest absolute Gasteiger partial charge is 0.495 e. The summed E-state index contributed by atoms with van der Waals surface area (Å²) in [6.07, 6.45) is 7.26. The van der Waals surface area contributed by atoms with E-state index in [2.05, 4.69) is 12.2 Å². The summed E-state index contributed by atoms with van der Waals surface area (Å²) < 4.78 is 5.28. The summed E-state index contributed by atoms with van der Waals surface area (Å²) in [4.78, 5) is 26.8. The van der Waals surface area contributed by atoms with Crippen LogP contribution >= 0.6 is 11.6 Å². The van der Waals surface area contributed by atoms with E-state index in [1.54, 1.807) is 19.0 Å². The molecule has 29 heavy (non-hydrogen) atoms. The molecule has 0 N–H and O–H groups in total. The van der Waals surface area contributed by atoms with Gasteiger partial charge in [0, 0.05) is 25.9 Å². The standard InChI is InChI=1S/C22H26ClN3O3/c1-14(27)25-11-9-16(10-12-25)26-22(28)18-6-4-3-5-17(18)21(24-26)15-7-8-20(29-2)19(23)13-15/h3-4,7-8,13,16-18H,5-6,9-12H2,1-2H3/t17-,18+/m1/s1. The van der Waals surface area contributed by atoms with Crippen molar-refractivity contribution in [1.82, 2.24) is 9.91 Å². The molecule has 4 rings (SSSR count). The van der Waals surface area contributed by atoms with Gasteiger partial charge in [0.25, 0.3) is 0 Å². The Bertz CT molecular complexity index is 874. The van der Waals surface area contributed by atoms with Gasteiger partial charge in [-0.05, 0) is 49.4 Å². The van der Waals surface area contributed by atoms with Crippen LogP contribution in [0.15, 0.2) is 35.5 Å². The van der Waals surface area contributed by atoms with Crippen LogP contribution < -0.4 is 4.74 Å². The van der Waals surface area contributed by atoms with Crippen LogP contribution in [0.3, 0.4) is 0 Å². The van der Waals surface area contributed by atoms with Crippen LogP contribution in [0.5, 0.6) is 5.75 Å². The van der Waals surface area contributed by atoms with Crippen molar-refractivity contribution in [1.29, 1.82) is 0 Å². The van der Waals surface area contributed by atoms with Crippen molar-refractivity contribution in [3.63, 3.8) is 0 Å². The van der Waals surface area contributed by atoms with Crippen LogP contribution in [0.4, 0.5) is 0 Å². The molecule has 2 aliphatic heterocycles. The number of fused-ring (bicyclic) bond motifs is 1. The summed E-state index contributed by atoms with van der Waals surface area (Å²) >= 11 is 6.37. The molecule has 1 aromatic carbocycles. The van der Waals surface area contributed by atoms with E-state index in [1.807, 2.05) is 23.1 Å². The number of methoxy groups -OCH3 is 1. The van der Waals surface area contributed by atoms with E-state index in [9.17, 15) is 9.59 Å². The summed E-state index contributed by atoms with van der Waals surface area (Å²) in [6.45, 7) is 2.92. The SMILES string of the molecule is COc1ccc(C2=NN(C3CCN(C(C)=O)CC3)C(=O)[C@H]3CC=CC[C@@H]23)cc1Cl. The molecule has 1 aromatic rings. The second kappa shape index (κ2) is 8.19. The van der Waals surface area contributed by atoms with Gasteiger partial charge in [-0.1, -0.05) is 23.8 Å². The van der Waals surface area contributed by atoms with Gasteiger partial charge >= 0.3 is 0 Å². The molecule has 2 heterocycles. The smallest absolute Gasteiger partial charge is 0.247 e. The van der Waals surface area contributed by atoms with E-state index in [0.717, 1.165) is 37.0 Å². The molecular weight excluding hydrogens is 390 g/mol. The van der Waals surface area contributed by atoms with Crippen LogP contribution in [0.2, 0.25) is 5.02 Å². The summed E-state index contributed by atoms with van der Waals surface area (Å²) in [6, 6.07) is 5.71. The number of nitrogens with zero attached hydrogens (tertiary/aromatic N) is 3. The topological polar surface area (TPSA) is 62.2 Å². The number of benzene rings is 1. The number of piperidine rings is 1. The molecule has 0 spiro atoms. The maximum Gasteiger partial charge on any atom is 0.247 e. The van der Waals surface area contributed by atoms with E-state index < -0.39 is 0 Å². The molecule has 0 saturated carbocycles. The Hall–Kier alpha value is -2.34. The first-order valence-electron chi connectivity index (χ1n) is 10.2. The average molecular weight is 416 g/mol. The lowest BCUT2D eigenvalue weighted by Crippen LogP contribution is -2.52. The molecule has 6 nitrogen and oxygen atoms in total. The molecule has 1 saturated heterocycles. The molecule has 0 aromatic heterocycles. The minimum absolute atomic E-state index is 0.0219. The maximum absolute atomic E-state index is 13.3. The summed E-state index contributed by atoms with van der Waals surface area (Å²) in [5.74, 6) is 0.771. The third-order valence-corrected chi connectivity index (χ3v) is 6.54. The molecule has 2 amide bonds. The monoisotopic (exact) mass is 415 g/mol. The highest BCUT2D eigenvalue weighted by atomic mass is 35.5. The quantitative estimate of drug-likeness (QED) is 0.710. The number of allylic oxidation sites excluding steroid dienone is 2. The third-order valence-electron chi connectivity index (χ3n) is 6.25. The molecule has 154 valence electrons. The fraction of sp³-hybridized carbons (Fsp3) is 0.500. The Morgan fingerprint density at radius 1 is 1.17 bits per heavy atom. The first-order valence-corrected chi connectivity index (χ1v) is 10.5. The van der Waals surface area contributed by atoms with Crippen molar-refractivity contribution >= 4 is 29.1 Å². The Kier molecular flexibility index (Phi) is 5.63. The van der Waals surface area contributed by atoms with Crippen molar-refractivity contribution < 1.29 is 14.3 Å². The number of carbonyl (C=O) groups is 2. The zero-order valence-corrected chi connectivity index (χ0v) is 17.6. The molecule has 2 atom stereocenters. The van der Waals surface area contributed by atoms with Crippen LogP contribution in [0.25, 0.3) is 0 Å². The number of likely N-dealkylation sites (tertiary alicyclic amines) is 1. The van der Waals surface area contributed by atoms with Crippen molar-refractivity contribution in [3.8, 4) is 5.75 Å². The van der Waals surface area contributed by atoms with Crippen LogP contribution in [0, 0.1) is 11.8 Å². The van der Waals surface area contributed by atoms with Gasteiger partial charge in [-0.15, -0.1) is 0 Å². The Morgan fingerprint density at radius 3 is 2.48 bits per heavy atom. The number of amides is 2. The highest BCUT2D eigenvalue weighted by Gasteiger charge is 2.42. The number of halogens is 1. The second-order valence-electron chi connectivity index (χ2n) is 7.91. The van der Waals surface area contributed by atoms with Gasteiger partial charge < -0.3 is 9.64 Å². The molecule has 3 aliphatic rings. The Labute approximate surface area is 176 Å². The minimum Gasteiger partial charge on any atom is -0.495 e. The second-order valence-corrected chi connectivity index (χ2v) is 8.32. The van der Waals surface area contributed by atoms with Crippen LogP contribution in [-0.4, -0.2) is 53.7 Å². The molecule has 7 heteroatoms. The number of rotatable bonds is 3. The first kappa shape index (κ1) is 20.0. The van der Waals surface area contributed by atoms with E-state index in [1.165, 1.54) is 0 Å². The zero-order valence-electron chi connectivity index (χ0n) is 16.8. The van der Waals surface area contributed by atoms with E-state index in [4.69, 9.17) is 21.4 Å². The molecule has 0 radical (unpaired) electrons. The fourth-order valence-corrected chi connectivity index (χ4v) is 4.84. The zero-order chi connectivity index (χ0) is 20.5. The van der Waals surface area contributed by atoms with E-state index in [0.29, 0.717) is 23.9 Å². The van der Waals surface area contributed by atoms with Crippen LogP contribution in [0.1, 0.15) is 38.2 Å². The fourth-order valence-electron chi connectivity index (χ4n) is 4.58. The molecular formula is C22H26ClN3O3. The lowest BCUT2D eigenvalue weighted by atomic mass is 9.76. The summed E-state index contributed by atoms with van der Waals surface area (Å²) in [5, 5.41) is 7.11. The third kappa shape index (κ3) is 3.78. The Balaban J connectivity index is 1.67. The van der Waals surface area contributed by atoms with Gasteiger partial charge in [0.05, 0.1) is 29.8 Å². The van der Waals surface area contributed by atoms with Crippen molar-refractivity contribution in [2.75, 3.05) is 20.2 Å². The molecule has 1 aliphatic carbocycles. The highest BCUT2D eigenvalue weighted by molar-refractivity contribution is 6.32. The van der Waals surface area contributed by atoms with Gasteiger partial charge in [0.15, 0.2) is 0 Å². The predicted octanol–water partition coefficient (Wildman–Crippen LogP) is 3.49. The normalized spacial score (nSPS) is 24.9. The highest BCUT2D eigenvalue weighted by Crippen LogP contribution is 2.37.